The third-order valence-electron chi connectivity index (χ3n) is 3.74. The van der Waals surface area contributed by atoms with Crippen molar-refractivity contribution in [2.24, 2.45) is 0 Å². The highest BCUT2D eigenvalue weighted by Gasteiger charge is 2.17. The first-order valence-electron chi connectivity index (χ1n) is 6.80. The van der Waals surface area contributed by atoms with Crippen LogP contribution in [0.25, 0.3) is 16.9 Å². The number of imidazole rings is 1. The lowest BCUT2D eigenvalue weighted by molar-refractivity contribution is 0.194. The Morgan fingerprint density at radius 2 is 1.90 bits per heavy atom. The highest BCUT2D eigenvalue weighted by atomic mass is 16.3. The van der Waals surface area contributed by atoms with Crippen molar-refractivity contribution in [2.45, 2.75) is 26.9 Å². The van der Waals surface area contributed by atoms with Crippen LogP contribution in [0.4, 0.5) is 0 Å². The maximum absolute atomic E-state index is 10.1. The minimum absolute atomic E-state index is 0.566. The van der Waals surface area contributed by atoms with Crippen molar-refractivity contribution in [1.29, 1.82) is 0 Å². The number of nitrogens with zero attached hydrogens (tertiary/aromatic N) is 2. The summed E-state index contributed by atoms with van der Waals surface area (Å²) in [6.45, 7) is 5.97. The number of hydrogen-bond donors (Lipinski definition) is 1. The predicted octanol–water partition coefficient (Wildman–Crippen LogP) is 3.67. The number of rotatable bonds is 2. The number of benzene rings is 1. The number of aliphatic hydroxyl groups is 1. The molecule has 1 N–H and O–H groups in total. The Morgan fingerprint density at radius 3 is 2.60 bits per heavy atom. The van der Waals surface area contributed by atoms with E-state index in [1.54, 1.807) is 6.92 Å². The van der Waals surface area contributed by atoms with Crippen LogP contribution in [0.1, 0.15) is 29.8 Å². The fourth-order valence-corrected chi connectivity index (χ4v) is 2.52. The monoisotopic (exact) mass is 266 g/mol. The van der Waals surface area contributed by atoms with Crippen LogP contribution in [0.2, 0.25) is 0 Å². The molecule has 0 radical (unpaired) electrons. The van der Waals surface area contributed by atoms with E-state index in [0.29, 0.717) is 0 Å². The molecule has 0 aliphatic rings. The highest BCUT2D eigenvalue weighted by Crippen LogP contribution is 2.29. The van der Waals surface area contributed by atoms with E-state index in [0.717, 1.165) is 22.6 Å². The molecule has 2 aromatic heterocycles. The number of aromatic nitrogens is 2. The number of hydrogen-bond acceptors (Lipinski definition) is 2. The Balaban J connectivity index is 2.29. The van der Waals surface area contributed by atoms with Crippen LogP contribution >= 0.6 is 0 Å². The van der Waals surface area contributed by atoms with Gasteiger partial charge in [0.05, 0.1) is 17.5 Å². The maximum Gasteiger partial charge on any atom is 0.137 e. The van der Waals surface area contributed by atoms with Gasteiger partial charge in [-0.1, -0.05) is 18.2 Å². The van der Waals surface area contributed by atoms with Crippen molar-refractivity contribution in [2.75, 3.05) is 0 Å². The summed E-state index contributed by atoms with van der Waals surface area (Å²) in [5.41, 5.74) is 6.09. The molecule has 1 atom stereocenters. The van der Waals surface area contributed by atoms with E-state index in [1.165, 1.54) is 11.1 Å². The minimum Gasteiger partial charge on any atom is -0.387 e. The second-order valence-electron chi connectivity index (χ2n) is 5.25. The van der Waals surface area contributed by atoms with E-state index in [9.17, 15) is 5.11 Å². The van der Waals surface area contributed by atoms with Crippen molar-refractivity contribution < 1.29 is 5.11 Å². The number of pyridine rings is 1. The summed E-state index contributed by atoms with van der Waals surface area (Å²) in [5, 5.41) is 10.1. The molecule has 0 saturated carbocycles. The molecule has 0 amide bonds. The van der Waals surface area contributed by atoms with Gasteiger partial charge in [-0.05, 0) is 50.1 Å². The van der Waals surface area contributed by atoms with E-state index in [2.05, 4.69) is 37.0 Å². The maximum atomic E-state index is 10.1. The van der Waals surface area contributed by atoms with Gasteiger partial charge in [0.25, 0.3) is 0 Å². The van der Waals surface area contributed by atoms with Crippen molar-refractivity contribution in [3.63, 3.8) is 0 Å². The molecule has 3 heteroatoms. The average molecular weight is 266 g/mol. The van der Waals surface area contributed by atoms with Crippen LogP contribution in [0.15, 0.2) is 42.6 Å². The van der Waals surface area contributed by atoms with Gasteiger partial charge in [-0.25, -0.2) is 4.98 Å². The van der Waals surface area contributed by atoms with Crippen molar-refractivity contribution in [3.05, 3.63) is 59.4 Å². The van der Waals surface area contributed by atoms with Gasteiger partial charge in [0, 0.05) is 11.8 Å². The number of aryl methyl sites for hydroxylation is 2. The van der Waals surface area contributed by atoms with Gasteiger partial charge >= 0.3 is 0 Å². The first-order chi connectivity index (χ1) is 9.58. The number of aliphatic hydroxyl groups excluding tert-OH is 1. The standard InChI is InChI=1S/C17H18N2O/c1-11-7-8-14(10-12(11)2)16-17(13(3)20)19-9-5-4-6-15(19)18-16/h4-10,13,20H,1-3H3. The largest absolute Gasteiger partial charge is 0.387 e. The summed E-state index contributed by atoms with van der Waals surface area (Å²) >= 11 is 0. The molecule has 0 aliphatic heterocycles. The molecule has 102 valence electrons. The molecule has 3 aromatic rings. The van der Waals surface area contributed by atoms with Crippen LogP contribution in [0, 0.1) is 13.8 Å². The Hall–Kier alpha value is -2.13. The molecule has 0 spiro atoms. The quantitative estimate of drug-likeness (QED) is 0.768. The molecule has 0 aliphatic carbocycles. The van der Waals surface area contributed by atoms with Crippen LogP contribution in [-0.4, -0.2) is 14.5 Å². The van der Waals surface area contributed by atoms with Crippen molar-refractivity contribution in [1.82, 2.24) is 9.38 Å². The number of fused-ring (bicyclic) bond motifs is 1. The van der Waals surface area contributed by atoms with Gasteiger partial charge in [0.15, 0.2) is 0 Å². The molecule has 3 nitrogen and oxygen atoms in total. The molecule has 3 rings (SSSR count). The van der Waals surface area contributed by atoms with Gasteiger partial charge in [-0.15, -0.1) is 0 Å². The van der Waals surface area contributed by atoms with Crippen LogP contribution in [0.5, 0.6) is 0 Å². The molecule has 0 fully saturated rings. The van der Waals surface area contributed by atoms with E-state index < -0.39 is 6.10 Å². The Labute approximate surface area is 118 Å². The average Bonchev–Trinajstić information content (AvgIpc) is 2.81. The third-order valence-corrected chi connectivity index (χ3v) is 3.74. The molecule has 0 saturated heterocycles. The molecule has 0 bridgehead atoms. The summed E-state index contributed by atoms with van der Waals surface area (Å²) < 4.78 is 1.95. The Kier molecular flexibility index (Phi) is 3.07. The molecule has 1 aromatic carbocycles. The zero-order valence-electron chi connectivity index (χ0n) is 12.0. The van der Waals surface area contributed by atoms with Crippen LogP contribution in [0.3, 0.4) is 0 Å². The van der Waals surface area contributed by atoms with Crippen LogP contribution in [-0.2, 0) is 0 Å². The zero-order valence-corrected chi connectivity index (χ0v) is 12.0. The lowest BCUT2D eigenvalue weighted by atomic mass is 10.0. The van der Waals surface area contributed by atoms with Crippen molar-refractivity contribution in [3.8, 4) is 11.3 Å². The summed E-state index contributed by atoms with van der Waals surface area (Å²) in [4.78, 5) is 4.68. The summed E-state index contributed by atoms with van der Waals surface area (Å²) in [6.07, 6.45) is 1.37. The van der Waals surface area contributed by atoms with Gasteiger partial charge in [-0.2, -0.15) is 0 Å². The van der Waals surface area contributed by atoms with Gasteiger partial charge < -0.3 is 9.51 Å². The minimum atomic E-state index is -0.566. The first-order valence-corrected chi connectivity index (χ1v) is 6.80. The summed E-state index contributed by atoms with van der Waals surface area (Å²) in [7, 11) is 0. The smallest absolute Gasteiger partial charge is 0.137 e. The zero-order chi connectivity index (χ0) is 14.3. The predicted molar refractivity (Wildman–Crippen MR) is 80.7 cm³/mol. The topological polar surface area (TPSA) is 37.5 Å². The Bertz CT molecular complexity index is 772. The molecule has 1 unspecified atom stereocenters. The Morgan fingerprint density at radius 1 is 1.10 bits per heavy atom. The van der Waals surface area contributed by atoms with Gasteiger partial charge in [0.2, 0.25) is 0 Å². The van der Waals surface area contributed by atoms with Gasteiger partial charge in [0.1, 0.15) is 5.65 Å². The lowest BCUT2D eigenvalue weighted by Gasteiger charge is -2.09. The van der Waals surface area contributed by atoms with E-state index in [-0.39, 0.29) is 0 Å². The fraction of sp³-hybridized carbons (Fsp3) is 0.235. The first kappa shape index (κ1) is 12.9. The van der Waals surface area contributed by atoms with E-state index >= 15 is 0 Å². The van der Waals surface area contributed by atoms with E-state index in [4.69, 9.17) is 0 Å². The molecular formula is C17H18N2O. The SMILES string of the molecule is Cc1ccc(-c2nc3ccccn3c2C(C)O)cc1C. The molecular weight excluding hydrogens is 248 g/mol. The highest BCUT2D eigenvalue weighted by molar-refractivity contribution is 5.68. The molecule has 2 heterocycles. The van der Waals surface area contributed by atoms with E-state index in [1.807, 2.05) is 28.8 Å². The summed E-state index contributed by atoms with van der Waals surface area (Å²) in [5.74, 6) is 0. The third kappa shape index (κ3) is 2.00. The molecule has 20 heavy (non-hydrogen) atoms. The fourth-order valence-electron chi connectivity index (χ4n) is 2.52. The van der Waals surface area contributed by atoms with Crippen molar-refractivity contribution >= 4 is 5.65 Å². The van der Waals surface area contributed by atoms with Crippen LogP contribution < -0.4 is 0 Å². The second-order valence-corrected chi connectivity index (χ2v) is 5.25. The lowest BCUT2D eigenvalue weighted by Crippen LogP contribution is -1.99. The second kappa shape index (κ2) is 4.76. The summed E-state index contributed by atoms with van der Waals surface area (Å²) in [6, 6.07) is 12.2. The van der Waals surface area contributed by atoms with Gasteiger partial charge in [-0.3, -0.25) is 0 Å². The normalized spacial score (nSPS) is 12.8.